The lowest BCUT2D eigenvalue weighted by molar-refractivity contribution is -0.127. The molecule has 5 nitrogen and oxygen atoms in total. The summed E-state index contributed by atoms with van der Waals surface area (Å²) in [5.74, 6) is 0.112. The van der Waals surface area contributed by atoms with Crippen LogP contribution in [0.15, 0.2) is 66.7 Å². The number of hydrogen-bond acceptors (Lipinski definition) is 3. The molecule has 1 heterocycles. The molecule has 2 amide bonds. The van der Waals surface area contributed by atoms with Crippen molar-refractivity contribution in [3.8, 4) is 5.75 Å². The predicted molar refractivity (Wildman–Crippen MR) is 123 cm³/mol. The summed E-state index contributed by atoms with van der Waals surface area (Å²) in [5.41, 5.74) is 1.51. The fourth-order valence-corrected chi connectivity index (χ4v) is 3.99. The number of benzene rings is 2. The second-order valence-electron chi connectivity index (χ2n) is 8.44. The SMILES string of the molecule is CC(C)[C@@H]1C(=O)N[C@@H](c2ccccc2)C/C=C/C[C@H](C)Oc2ccccc2C(=O)N1C. The number of rotatable bonds is 2. The van der Waals surface area contributed by atoms with Gasteiger partial charge in [0, 0.05) is 13.5 Å². The number of fused-ring (bicyclic) bond motifs is 1. The molecule has 1 aliphatic rings. The third-order valence-corrected chi connectivity index (χ3v) is 5.61. The maximum Gasteiger partial charge on any atom is 0.258 e. The van der Waals surface area contributed by atoms with E-state index in [0.29, 0.717) is 24.2 Å². The van der Waals surface area contributed by atoms with Crippen molar-refractivity contribution in [3.05, 3.63) is 77.9 Å². The fraction of sp³-hybridized carbons (Fsp3) is 0.385. The Labute approximate surface area is 185 Å². The van der Waals surface area contributed by atoms with Crippen molar-refractivity contribution in [1.82, 2.24) is 10.2 Å². The first-order valence-corrected chi connectivity index (χ1v) is 10.9. The molecule has 0 aromatic heterocycles. The molecule has 3 atom stereocenters. The zero-order valence-electron chi connectivity index (χ0n) is 18.7. The highest BCUT2D eigenvalue weighted by atomic mass is 16.5. The lowest BCUT2D eigenvalue weighted by Gasteiger charge is -2.32. The van der Waals surface area contributed by atoms with Gasteiger partial charge in [-0.05, 0) is 37.0 Å². The van der Waals surface area contributed by atoms with Crippen LogP contribution in [0.1, 0.15) is 55.6 Å². The Morgan fingerprint density at radius 3 is 2.32 bits per heavy atom. The average Bonchev–Trinajstić information content (AvgIpc) is 2.75. The van der Waals surface area contributed by atoms with E-state index in [-0.39, 0.29) is 29.9 Å². The van der Waals surface area contributed by atoms with E-state index in [9.17, 15) is 9.59 Å². The summed E-state index contributed by atoms with van der Waals surface area (Å²) in [6.07, 6.45) is 5.47. The monoisotopic (exact) mass is 420 g/mol. The van der Waals surface area contributed by atoms with Crippen LogP contribution in [0.5, 0.6) is 5.75 Å². The van der Waals surface area contributed by atoms with E-state index in [1.807, 2.05) is 69.3 Å². The van der Waals surface area contributed by atoms with E-state index in [2.05, 4.69) is 17.5 Å². The Morgan fingerprint density at radius 1 is 0.968 bits per heavy atom. The molecular weight excluding hydrogens is 388 g/mol. The third kappa shape index (κ3) is 5.54. The van der Waals surface area contributed by atoms with Crippen LogP contribution in [0.4, 0.5) is 0 Å². The number of carbonyl (C=O) groups excluding carboxylic acids is 2. The first-order chi connectivity index (χ1) is 14.9. The highest BCUT2D eigenvalue weighted by molar-refractivity contribution is 5.99. The Morgan fingerprint density at radius 2 is 1.61 bits per heavy atom. The van der Waals surface area contributed by atoms with Crippen molar-refractivity contribution in [2.75, 3.05) is 7.05 Å². The molecule has 1 N–H and O–H groups in total. The average molecular weight is 421 g/mol. The van der Waals surface area contributed by atoms with Crippen molar-refractivity contribution >= 4 is 11.8 Å². The van der Waals surface area contributed by atoms with Gasteiger partial charge in [-0.1, -0.05) is 68.5 Å². The second-order valence-corrected chi connectivity index (χ2v) is 8.44. The van der Waals surface area contributed by atoms with Gasteiger partial charge >= 0.3 is 0 Å². The summed E-state index contributed by atoms with van der Waals surface area (Å²) in [7, 11) is 1.69. The van der Waals surface area contributed by atoms with Crippen LogP contribution in [-0.2, 0) is 4.79 Å². The van der Waals surface area contributed by atoms with E-state index >= 15 is 0 Å². The van der Waals surface area contributed by atoms with Crippen LogP contribution in [0, 0.1) is 5.92 Å². The van der Waals surface area contributed by atoms with Gasteiger partial charge in [0.15, 0.2) is 0 Å². The zero-order chi connectivity index (χ0) is 22.4. The number of likely N-dealkylation sites (N-methyl/N-ethyl adjacent to an activating group) is 1. The summed E-state index contributed by atoms with van der Waals surface area (Å²) in [6, 6.07) is 16.4. The standard InChI is InChI=1S/C26H32N2O3/c1-18(2)24-25(29)27-22(20-13-6-5-7-14-20)16-10-8-12-19(3)31-23-17-11-9-15-21(23)26(30)28(24)4/h5-11,13-15,17-19,22,24H,12,16H2,1-4H3,(H,27,29)/b10-8+/t19-,22+,24+/m0/s1. The van der Waals surface area contributed by atoms with E-state index in [1.54, 1.807) is 13.1 Å². The summed E-state index contributed by atoms with van der Waals surface area (Å²) in [4.78, 5) is 28.3. The summed E-state index contributed by atoms with van der Waals surface area (Å²) in [6.45, 7) is 5.91. The molecule has 0 unspecified atom stereocenters. The van der Waals surface area contributed by atoms with Gasteiger partial charge in [-0.25, -0.2) is 0 Å². The van der Waals surface area contributed by atoms with Crippen LogP contribution >= 0.6 is 0 Å². The van der Waals surface area contributed by atoms with Gasteiger partial charge in [0.1, 0.15) is 11.8 Å². The summed E-state index contributed by atoms with van der Waals surface area (Å²) >= 11 is 0. The summed E-state index contributed by atoms with van der Waals surface area (Å²) in [5, 5.41) is 3.19. The molecule has 0 bridgehead atoms. The first-order valence-electron chi connectivity index (χ1n) is 10.9. The number of ether oxygens (including phenoxy) is 1. The minimum atomic E-state index is -0.601. The molecule has 0 aliphatic carbocycles. The van der Waals surface area contributed by atoms with Gasteiger partial charge in [-0.15, -0.1) is 0 Å². The van der Waals surface area contributed by atoms with E-state index in [4.69, 9.17) is 4.74 Å². The molecule has 0 spiro atoms. The van der Waals surface area contributed by atoms with Crippen molar-refractivity contribution in [2.24, 2.45) is 5.92 Å². The minimum Gasteiger partial charge on any atom is -0.490 e. The van der Waals surface area contributed by atoms with Gasteiger partial charge in [-0.3, -0.25) is 9.59 Å². The minimum absolute atomic E-state index is 0.0548. The highest BCUT2D eigenvalue weighted by Gasteiger charge is 2.33. The number of nitrogens with one attached hydrogen (secondary N) is 1. The normalized spacial score (nSPS) is 24.0. The molecule has 0 radical (unpaired) electrons. The first kappa shape index (κ1) is 22.6. The van der Waals surface area contributed by atoms with Crippen LogP contribution in [0.3, 0.4) is 0 Å². The third-order valence-electron chi connectivity index (χ3n) is 5.61. The molecule has 164 valence electrons. The topological polar surface area (TPSA) is 58.6 Å². The Kier molecular flexibility index (Phi) is 7.50. The van der Waals surface area contributed by atoms with Crippen LogP contribution in [0.25, 0.3) is 0 Å². The molecule has 2 aromatic rings. The van der Waals surface area contributed by atoms with Crippen LogP contribution in [-0.4, -0.2) is 35.9 Å². The van der Waals surface area contributed by atoms with E-state index in [0.717, 1.165) is 5.56 Å². The van der Waals surface area contributed by atoms with Crippen molar-refractivity contribution < 1.29 is 14.3 Å². The van der Waals surface area contributed by atoms with Gasteiger partial charge < -0.3 is 15.0 Å². The predicted octanol–water partition coefficient (Wildman–Crippen LogP) is 4.76. The fourth-order valence-electron chi connectivity index (χ4n) is 3.99. The largest absolute Gasteiger partial charge is 0.490 e. The van der Waals surface area contributed by atoms with Crippen molar-refractivity contribution in [3.63, 3.8) is 0 Å². The quantitative estimate of drug-likeness (QED) is 0.713. The lowest BCUT2D eigenvalue weighted by Crippen LogP contribution is -2.51. The Balaban J connectivity index is 1.99. The number of amides is 2. The highest BCUT2D eigenvalue weighted by Crippen LogP contribution is 2.25. The number of carbonyl (C=O) groups is 2. The van der Waals surface area contributed by atoms with Gasteiger partial charge in [-0.2, -0.15) is 0 Å². The van der Waals surface area contributed by atoms with Crippen molar-refractivity contribution in [1.29, 1.82) is 0 Å². The summed E-state index contributed by atoms with van der Waals surface area (Å²) < 4.78 is 6.09. The lowest BCUT2D eigenvalue weighted by atomic mass is 9.98. The van der Waals surface area contributed by atoms with Gasteiger partial charge in [0.05, 0.1) is 17.7 Å². The number of nitrogens with zero attached hydrogens (tertiary/aromatic N) is 1. The number of hydrogen-bond donors (Lipinski definition) is 1. The number of para-hydroxylation sites is 1. The molecule has 2 aromatic carbocycles. The molecule has 0 saturated heterocycles. The van der Waals surface area contributed by atoms with E-state index < -0.39 is 6.04 Å². The second kappa shape index (κ2) is 10.3. The Bertz CT molecular complexity index is 923. The smallest absolute Gasteiger partial charge is 0.258 e. The molecule has 3 rings (SSSR count). The molecule has 5 heteroatoms. The van der Waals surface area contributed by atoms with Crippen LogP contribution < -0.4 is 10.1 Å². The maximum absolute atomic E-state index is 13.4. The zero-order valence-corrected chi connectivity index (χ0v) is 18.7. The molecule has 0 saturated carbocycles. The van der Waals surface area contributed by atoms with Gasteiger partial charge in [0.2, 0.25) is 5.91 Å². The van der Waals surface area contributed by atoms with Crippen LogP contribution in [0.2, 0.25) is 0 Å². The Hall–Kier alpha value is -3.08. The van der Waals surface area contributed by atoms with Crippen molar-refractivity contribution in [2.45, 2.75) is 51.8 Å². The molecular formula is C26H32N2O3. The molecule has 1 aliphatic heterocycles. The van der Waals surface area contributed by atoms with Gasteiger partial charge in [0.25, 0.3) is 5.91 Å². The van der Waals surface area contributed by atoms with E-state index in [1.165, 1.54) is 4.90 Å². The molecule has 0 fully saturated rings. The molecule has 31 heavy (non-hydrogen) atoms. The maximum atomic E-state index is 13.4.